The topological polar surface area (TPSA) is 100 Å². The molecule has 1 heterocycles. The first-order valence-corrected chi connectivity index (χ1v) is 6.18. The van der Waals surface area contributed by atoms with E-state index in [9.17, 15) is 9.59 Å². The van der Waals surface area contributed by atoms with E-state index in [0.717, 1.165) is 13.1 Å². The maximum absolute atomic E-state index is 11.5. The largest absolute Gasteiger partial charge is 0.354 e. The highest BCUT2D eigenvalue weighted by Crippen LogP contribution is 2.02. The summed E-state index contributed by atoms with van der Waals surface area (Å²) >= 11 is 0. The molecule has 2 amide bonds. The Balaban J connectivity index is 2.17. The summed E-state index contributed by atoms with van der Waals surface area (Å²) in [5.74, 6) is -0.380. The van der Waals surface area contributed by atoms with E-state index in [-0.39, 0.29) is 24.7 Å². The highest BCUT2D eigenvalue weighted by molar-refractivity contribution is 5.78. The summed E-state index contributed by atoms with van der Waals surface area (Å²) in [5.41, 5.74) is 0. The number of carbonyl (C=O) groups is 2. The molecule has 1 aliphatic heterocycles. The van der Waals surface area contributed by atoms with Gasteiger partial charge in [-0.1, -0.05) is 0 Å². The fraction of sp³-hybridized carbons (Fsp3) is 0.667. The summed E-state index contributed by atoms with van der Waals surface area (Å²) in [4.78, 5) is 26.4. The number of hydrogen-bond donors (Lipinski definition) is 1. The molecule has 7 heteroatoms. The highest BCUT2D eigenvalue weighted by Gasteiger charge is 2.20. The summed E-state index contributed by atoms with van der Waals surface area (Å²) in [6, 6.07) is 3.65. The van der Waals surface area contributed by atoms with E-state index in [1.807, 2.05) is 6.07 Å². The molecule has 102 valence electrons. The van der Waals surface area contributed by atoms with Gasteiger partial charge >= 0.3 is 0 Å². The Bertz CT molecular complexity index is 399. The van der Waals surface area contributed by atoms with Crippen LogP contribution in [-0.2, 0) is 9.59 Å². The lowest BCUT2D eigenvalue weighted by atomic mass is 10.3. The van der Waals surface area contributed by atoms with Crippen molar-refractivity contribution in [1.29, 1.82) is 10.5 Å². The van der Waals surface area contributed by atoms with Crippen LogP contribution in [0.2, 0.25) is 0 Å². The van der Waals surface area contributed by atoms with Gasteiger partial charge < -0.3 is 10.2 Å². The fourth-order valence-corrected chi connectivity index (χ4v) is 1.89. The van der Waals surface area contributed by atoms with E-state index < -0.39 is 0 Å². The van der Waals surface area contributed by atoms with E-state index in [0.29, 0.717) is 26.2 Å². The van der Waals surface area contributed by atoms with Crippen LogP contribution in [0.15, 0.2) is 0 Å². The van der Waals surface area contributed by atoms with Crippen LogP contribution < -0.4 is 5.32 Å². The molecule has 1 rings (SSSR count). The zero-order valence-electron chi connectivity index (χ0n) is 10.8. The Labute approximate surface area is 112 Å². The molecule has 0 spiro atoms. The predicted molar refractivity (Wildman–Crippen MR) is 66.5 cm³/mol. The van der Waals surface area contributed by atoms with Crippen LogP contribution in [0, 0.1) is 22.7 Å². The molecule has 0 atom stereocenters. The van der Waals surface area contributed by atoms with Gasteiger partial charge in [-0.3, -0.25) is 14.5 Å². The number of nitrogens with zero attached hydrogens (tertiary/aromatic N) is 4. The number of nitrogens with one attached hydrogen (secondary N) is 1. The van der Waals surface area contributed by atoms with Crippen molar-refractivity contribution >= 4 is 11.8 Å². The van der Waals surface area contributed by atoms with Gasteiger partial charge in [0.2, 0.25) is 11.8 Å². The molecule has 1 fully saturated rings. The smallest absolute Gasteiger partial charge is 0.236 e. The molecule has 0 aromatic carbocycles. The van der Waals surface area contributed by atoms with Crippen LogP contribution in [0.5, 0.6) is 0 Å². The Kier molecular flexibility index (Phi) is 6.34. The Morgan fingerprint density at radius 3 is 2.26 bits per heavy atom. The molecular formula is C12H17N5O2. The Hall–Kier alpha value is -2.12. The molecule has 1 saturated heterocycles. The molecule has 0 saturated carbocycles. The van der Waals surface area contributed by atoms with Gasteiger partial charge in [-0.15, -0.1) is 0 Å². The van der Waals surface area contributed by atoms with Crippen molar-refractivity contribution in [3.8, 4) is 12.1 Å². The van der Waals surface area contributed by atoms with Crippen LogP contribution in [-0.4, -0.2) is 60.9 Å². The van der Waals surface area contributed by atoms with E-state index >= 15 is 0 Å². The summed E-state index contributed by atoms with van der Waals surface area (Å²) in [6.45, 7) is 3.93. The molecule has 0 unspecified atom stereocenters. The zero-order chi connectivity index (χ0) is 14.1. The average Bonchev–Trinajstić information content (AvgIpc) is 2.40. The molecule has 0 aliphatic carbocycles. The number of carbonyl (C=O) groups excluding carboxylic acids is 2. The minimum Gasteiger partial charge on any atom is -0.354 e. The van der Waals surface area contributed by atoms with E-state index in [1.54, 1.807) is 11.0 Å². The van der Waals surface area contributed by atoms with E-state index in [2.05, 4.69) is 10.2 Å². The number of amides is 2. The summed E-state index contributed by atoms with van der Waals surface area (Å²) in [5, 5.41) is 19.4. The lowest BCUT2D eigenvalue weighted by molar-refractivity contribution is -0.131. The van der Waals surface area contributed by atoms with Gasteiger partial charge in [0.05, 0.1) is 12.1 Å². The zero-order valence-corrected chi connectivity index (χ0v) is 10.8. The van der Waals surface area contributed by atoms with Gasteiger partial charge in [0, 0.05) is 39.3 Å². The highest BCUT2D eigenvalue weighted by atomic mass is 16.2. The molecule has 0 radical (unpaired) electrons. The van der Waals surface area contributed by atoms with Gasteiger partial charge in [0.25, 0.3) is 0 Å². The summed E-state index contributed by atoms with van der Waals surface area (Å²) in [6.07, 6.45) is -0.180. The van der Waals surface area contributed by atoms with Gasteiger partial charge in [-0.2, -0.15) is 10.5 Å². The van der Waals surface area contributed by atoms with Crippen LogP contribution in [0.4, 0.5) is 0 Å². The molecule has 0 aromatic heterocycles. The first-order valence-electron chi connectivity index (χ1n) is 6.18. The SMILES string of the molecule is N#CCC(=O)NCCN1CCN(C(=O)CC#N)CC1. The molecule has 19 heavy (non-hydrogen) atoms. The van der Waals surface area contributed by atoms with Gasteiger partial charge in [0.15, 0.2) is 0 Å². The molecule has 0 aromatic rings. The second kappa shape index (κ2) is 8.06. The molecular weight excluding hydrogens is 246 g/mol. The molecule has 7 nitrogen and oxygen atoms in total. The Morgan fingerprint density at radius 1 is 1.05 bits per heavy atom. The van der Waals surface area contributed by atoms with Gasteiger partial charge in [-0.05, 0) is 0 Å². The first-order chi connectivity index (χ1) is 9.17. The lowest BCUT2D eigenvalue weighted by Gasteiger charge is -2.34. The number of rotatable bonds is 5. The predicted octanol–water partition coefficient (Wildman–Crippen LogP) is -0.926. The van der Waals surface area contributed by atoms with Crippen LogP contribution in [0.1, 0.15) is 12.8 Å². The van der Waals surface area contributed by atoms with Crippen molar-refractivity contribution in [2.24, 2.45) is 0 Å². The fourth-order valence-electron chi connectivity index (χ4n) is 1.89. The van der Waals surface area contributed by atoms with Crippen molar-refractivity contribution in [2.75, 3.05) is 39.3 Å². The van der Waals surface area contributed by atoms with Crippen molar-refractivity contribution in [3.63, 3.8) is 0 Å². The monoisotopic (exact) mass is 263 g/mol. The minimum absolute atomic E-state index is 0.0653. The standard InChI is InChI=1S/C12H17N5O2/c13-3-1-11(18)15-5-6-16-7-9-17(10-8-16)12(19)2-4-14/h1-2,5-10H2,(H,15,18). The molecule has 1 N–H and O–H groups in total. The molecule has 1 aliphatic rings. The maximum Gasteiger partial charge on any atom is 0.236 e. The summed E-state index contributed by atoms with van der Waals surface area (Å²) in [7, 11) is 0. The van der Waals surface area contributed by atoms with Crippen molar-refractivity contribution in [2.45, 2.75) is 12.8 Å². The third kappa shape index (κ3) is 5.36. The van der Waals surface area contributed by atoms with Crippen LogP contribution in [0.25, 0.3) is 0 Å². The van der Waals surface area contributed by atoms with Gasteiger partial charge in [0.1, 0.15) is 12.8 Å². The van der Waals surface area contributed by atoms with E-state index in [4.69, 9.17) is 10.5 Å². The third-order valence-corrected chi connectivity index (χ3v) is 2.95. The van der Waals surface area contributed by atoms with Crippen LogP contribution in [0.3, 0.4) is 0 Å². The van der Waals surface area contributed by atoms with E-state index in [1.165, 1.54) is 0 Å². The van der Waals surface area contributed by atoms with Crippen molar-refractivity contribution < 1.29 is 9.59 Å². The quantitative estimate of drug-likeness (QED) is 0.691. The first kappa shape index (κ1) is 14.9. The third-order valence-electron chi connectivity index (χ3n) is 2.95. The van der Waals surface area contributed by atoms with Crippen molar-refractivity contribution in [1.82, 2.24) is 15.1 Å². The minimum atomic E-state index is -0.259. The average molecular weight is 263 g/mol. The maximum atomic E-state index is 11.5. The number of piperazine rings is 1. The van der Waals surface area contributed by atoms with Crippen LogP contribution >= 0.6 is 0 Å². The second-order valence-corrected chi connectivity index (χ2v) is 4.24. The second-order valence-electron chi connectivity index (χ2n) is 4.24. The lowest BCUT2D eigenvalue weighted by Crippen LogP contribution is -2.50. The molecule has 0 bridgehead atoms. The van der Waals surface area contributed by atoms with Gasteiger partial charge in [-0.25, -0.2) is 0 Å². The summed E-state index contributed by atoms with van der Waals surface area (Å²) < 4.78 is 0. The van der Waals surface area contributed by atoms with Crippen molar-refractivity contribution in [3.05, 3.63) is 0 Å². The number of hydrogen-bond acceptors (Lipinski definition) is 5. The normalized spacial score (nSPS) is 15.4. The Morgan fingerprint density at radius 2 is 1.68 bits per heavy atom. The number of nitriles is 2.